The van der Waals surface area contributed by atoms with Crippen LogP contribution in [0.25, 0.3) is 0 Å². The van der Waals surface area contributed by atoms with Crippen LogP contribution in [0, 0.1) is 17.0 Å². The summed E-state index contributed by atoms with van der Waals surface area (Å²) in [4.78, 5) is 23.2. The summed E-state index contributed by atoms with van der Waals surface area (Å²) in [5, 5.41) is 11.4. The Morgan fingerprint density at radius 2 is 1.60 bits per heavy atom. The van der Waals surface area contributed by atoms with Crippen LogP contribution in [0.3, 0.4) is 0 Å². The predicted octanol–water partition coefficient (Wildman–Crippen LogP) is 6.97. The summed E-state index contributed by atoms with van der Waals surface area (Å²) in [5.74, 6) is -0.300. The highest BCUT2D eigenvalue weighted by Crippen LogP contribution is 2.30. The largest absolute Gasteiger partial charge is 0.456 e. The van der Waals surface area contributed by atoms with Crippen molar-refractivity contribution in [2.24, 2.45) is 0 Å². The van der Waals surface area contributed by atoms with Gasteiger partial charge in [-0.15, -0.1) is 0 Å². The molecule has 0 aliphatic rings. The van der Waals surface area contributed by atoms with E-state index in [4.69, 9.17) is 4.74 Å². The van der Waals surface area contributed by atoms with Gasteiger partial charge in [0.05, 0.1) is 10.5 Å². The standard InChI is InChI=1S/C24H30BrNO4/c1-17-21(25)16-15-19(22(17)26(28)29)10-8-6-5-7-9-18-11-13-20(14-12-18)23(27)30-24(2,3)4/h11-16H,5-10H2,1-4H3. The summed E-state index contributed by atoms with van der Waals surface area (Å²) in [5.41, 5.74) is 2.99. The Morgan fingerprint density at radius 1 is 1.00 bits per heavy atom. The zero-order valence-corrected chi connectivity index (χ0v) is 19.8. The molecule has 0 aliphatic carbocycles. The Hall–Kier alpha value is -2.21. The second-order valence-electron chi connectivity index (χ2n) is 8.55. The number of rotatable bonds is 9. The molecule has 0 aliphatic heterocycles. The summed E-state index contributed by atoms with van der Waals surface area (Å²) in [7, 11) is 0. The quantitative estimate of drug-likeness (QED) is 0.170. The summed E-state index contributed by atoms with van der Waals surface area (Å²) >= 11 is 3.37. The van der Waals surface area contributed by atoms with E-state index in [0.717, 1.165) is 48.6 Å². The molecule has 2 aromatic carbocycles. The maximum atomic E-state index is 12.1. The molecule has 0 unspecified atom stereocenters. The first-order valence-corrected chi connectivity index (χ1v) is 11.1. The van der Waals surface area contributed by atoms with E-state index in [2.05, 4.69) is 15.9 Å². The van der Waals surface area contributed by atoms with Crippen LogP contribution in [0.4, 0.5) is 5.69 Å². The van der Waals surface area contributed by atoms with E-state index in [-0.39, 0.29) is 16.6 Å². The fourth-order valence-corrected chi connectivity index (χ4v) is 3.65. The fourth-order valence-electron chi connectivity index (χ4n) is 3.33. The minimum atomic E-state index is -0.495. The SMILES string of the molecule is Cc1c(Br)ccc(CCCCCCc2ccc(C(=O)OC(C)(C)C)cc2)c1[N+](=O)[O-]. The Bertz CT molecular complexity index is 885. The monoisotopic (exact) mass is 475 g/mol. The molecule has 0 spiro atoms. The number of nitro benzene ring substituents is 1. The number of carbonyl (C=O) groups is 1. The van der Waals surface area contributed by atoms with Crippen LogP contribution >= 0.6 is 15.9 Å². The van der Waals surface area contributed by atoms with E-state index in [1.807, 2.05) is 57.2 Å². The number of halogens is 1. The molecule has 0 aromatic heterocycles. The number of hydrogen-bond acceptors (Lipinski definition) is 4. The molecule has 0 saturated carbocycles. The minimum Gasteiger partial charge on any atom is -0.456 e. The average molecular weight is 476 g/mol. The molecular formula is C24H30BrNO4. The van der Waals surface area contributed by atoms with Crippen LogP contribution in [0.2, 0.25) is 0 Å². The third-order valence-electron chi connectivity index (χ3n) is 4.88. The number of aryl methyl sites for hydroxylation is 2. The van der Waals surface area contributed by atoms with Crippen molar-refractivity contribution >= 4 is 27.6 Å². The Labute approximate surface area is 187 Å². The highest BCUT2D eigenvalue weighted by atomic mass is 79.9. The van der Waals surface area contributed by atoms with Crippen LogP contribution in [0.15, 0.2) is 40.9 Å². The molecular weight excluding hydrogens is 446 g/mol. The number of carbonyl (C=O) groups excluding carboxylic acids is 1. The topological polar surface area (TPSA) is 69.4 Å². The highest BCUT2D eigenvalue weighted by Gasteiger charge is 2.19. The second-order valence-corrected chi connectivity index (χ2v) is 9.40. The van der Waals surface area contributed by atoms with Crippen molar-refractivity contribution in [3.8, 4) is 0 Å². The predicted molar refractivity (Wildman–Crippen MR) is 123 cm³/mol. The summed E-state index contributed by atoms with van der Waals surface area (Å²) in [6, 6.07) is 11.3. The van der Waals surface area contributed by atoms with Gasteiger partial charge in [0.2, 0.25) is 0 Å². The summed E-state index contributed by atoms with van der Waals surface area (Å²) < 4.78 is 6.15. The fraction of sp³-hybridized carbons (Fsp3) is 0.458. The normalized spacial score (nSPS) is 11.4. The molecule has 0 radical (unpaired) electrons. The molecule has 0 saturated heterocycles. The molecule has 0 fully saturated rings. The van der Waals surface area contributed by atoms with Crippen LogP contribution < -0.4 is 0 Å². The molecule has 6 heteroatoms. The van der Waals surface area contributed by atoms with Gasteiger partial charge in [0.25, 0.3) is 5.69 Å². The summed E-state index contributed by atoms with van der Waals surface area (Å²) in [6.45, 7) is 7.35. The third-order valence-corrected chi connectivity index (χ3v) is 5.74. The van der Waals surface area contributed by atoms with E-state index in [1.54, 1.807) is 6.92 Å². The van der Waals surface area contributed by atoms with E-state index >= 15 is 0 Å². The number of esters is 1. The molecule has 0 bridgehead atoms. The van der Waals surface area contributed by atoms with Gasteiger partial charge in [-0.1, -0.05) is 47.0 Å². The van der Waals surface area contributed by atoms with Gasteiger partial charge < -0.3 is 4.74 Å². The highest BCUT2D eigenvalue weighted by molar-refractivity contribution is 9.10. The van der Waals surface area contributed by atoms with Crippen molar-refractivity contribution in [1.29, 1.82) is 0 Å². The zero-order chi connectivity index (χ0) is 22.3. The lowest BCUT2D eigenvalue weighted by Gasteiger charge is -2.19. The maximum Gasteiger partial charge on any atom is 0.338 e. The molecule has 30 heavy (non-hydrogen) atoms. The van der Waals surface area contributed by atoms with Crippen molar-refractivity contribution in [1.82, 2.24) is 0 Å². The first kappa shape index (κ1) is 24.1. The van der Waals surface area contributed by atoms with Crippen molar-refractivity contribution in [2.45, 2.75) is 71.8 Å². The lowest BCUT2D eigenvalue weighted by molar-refractivity contribution is -0.386. The van der Waals surface area contributed by atoms with Crippen molar-refractivity contribution in [2.75, 3.05) is 0 Å². The Kier molecular flexibility index (Phi) is 8.59. The summed E-state index contributed by atoms with van der Waals surface area (Å²) in [6.07, 6.45) is 5.74. The molecule has 162 valence electrons. The van der Waals surface area contributed by atoms with Crippen molar-refractivity contribution < 1.29 is 14.5 Å². The second kappa shape index (κ2) is 10.7. The molecule has 0 heterocycles. The molecule has 2 aromatic rings. The van der Waals surface area contributed by atoms with E-state index < -0.39 is 5.60 Å². The van der Waals surface area contributed by atoms with Crippen LogP contribution in [0.5, 0.6) is 0 Å². The number of nitro groups is 1. The number of ether oxygens (including phenoxy) is 1. The number of nitrogens with zero attached hydrogens (tertiary/aromatic N) is 1. The van der Waals surface area contributed by atoms with Crippen molar-refractivity contribution in [3.63, 3.8) is 0 Å². The van der Waals surface area contributed by atoms with E-state index in [1.165, 1.54) is 5.56 Å². The molecule has 5 nitrogen and oxygen atoms in total. The number of unbranched alkanes of at least 4 members (excludes halogenated alkanes) is 3. The Balaban J connectivity index is 1.76. The maximum absolute atomic E-state index is 12.1. The van der Waals surface area contributed by atoms with E-state index in [9.17, 15) is 14.9 Å². The van der Waals surface area contributed by atoms with Gasteiger partial charge in [0, 0.05) is 15.6 Å². The van der Waals surface area contributed by atoms with Gasteiger partial charge in [0.1, 0.15) is 5.60 Å². The van der Waals surface area contributed by atoms with Crippen LogP contribution in [-0.2, 0) is 17.6 Å². The van der Waals surface area contributed by atoms with Gasteiger partial charge in [-0.2, -0.15) is 0 Å². The van der Waals surface area contributed by atoms with Gasteiger partial charge >= 0.3 is 5.97 Å². The number of benzene rings is 2. The van der Waals surface area contributed by atoms with Gasteiger partial charge in [-0.25, -0.2) is 4.79 Å². The minimum absolute atomic E-state index is 0.231. The number of hydrogen-bond donors (Lipinski definition) is 0. The lowest BCUT2D eigenvalue weighted by atomic mass is 10.0. The molecule has 2 rings (SSSR count). The first-order valence-electron chi connectivity index (χ1n) is 10.3. The first-order chi connectivity index (χ1) is 14.1. The smallest absolute Gasteiger partial charge is 0.338 e. The van der Waals surface area contributed by atoms with Gasteiger partial charge in [-0.3, -0.25) is 10.1 Å². The van der Waals surface area contributed by atoms with Gasteiger partial charge in [0.15, 0.2) is 0 Å². The van der Waals surface area contributed by atoms with Gasteiger partial charge in [-0.05, 0) is 77.1 Å². The van der Waals surface area contributed by atoms with Crippen molar-refractivity contribution in [3.05, 3.63) is 73.2 Å². The third kappa shape index (κ3) is 7.24. The van der Waals surface area contributed by atoms with Crippen LogP contribution in [-0.4, -0.2) is 16.5 Å². The van der Waals surface area contributed by atoms with Crippen LogP contribution in [0.1, 0.15) is 73.5 Å². The average Bonchev–Trinajstić information content (AvgIpc) is 2.66. The lowest BCUT2D eigenvalue weighted by Crippen LogP contribution is -2.23. The Morgan fingerprint density at radius 3 is 2.17 bits per heavy atom. The van der Waals surface area contributed by atoms with E-state index in [0.29, 0.717) is 11.1 Å². The zero-order valence-electron chi connectivity index (χ0n) is 18.2. The molecule has 0 amide bonds. The molecule has 0 atom stereocenters. The molecule has 0 N–H and O–H groups in total.